The zero-order valence-corrected chi connectivity index (χ0v) is 15.8. The Kier molecular flexibility index (Phi) is 5.07. The van der Waals surface area contributed by atoms with Gasteiger partial charge >= 0.3 is 0 Å². The molecule has 1 saturated carbocycles. The number of hydrogen-bond donors (Lipinski definition) is 1. The first kappa shape index (κ1) is 17.9. The van der Waals surface area contributed by atoms with Gasteiger partial charge in [0.15, 0.2) is 0 Å². The summed E-state index contributed by atoms with van der Waals surface area (Å²) in [7, 11) is 0. The fourth-order valence-corrected chi connectivity index (χ4v) is 4.92. The second-order valence-corrected chi connectivity index (χ2v) is 8.16. The molecule has 2 heterocycles. The summed E-state index contributed by atoms with van der Waals surface area (Å²) in [6, 6.07) is 10.9. The van der Waals surface area contributed by atoms with E-state index in [-0.39, 0.29) is 36.6 Å². The van der Waals surface area contributed by atoms with Crippen LogP contribution in [0.5, 0.6) is 0 Å². The summed E-state index contributed by atoms with van der Waals surface area (Å²) < 4.78 is 0. The van der Waals surface area contributed by atoms with Crippen molar-refractivity contribution in [2.75, 3.05) is 4.90 Å². The van der Waals surface area contributed by atoms with Crippen molar-refractivity contribution >= 4 is 34.7 Å². The van der Waals surface area contributed by atoms with E-state index in [2.05, 4.69) is 11.4 Å². The Morgan fingerprint density at radius 3 is 2.48 bits per heavy atom. The van der Waals surface area contributed by atoms with E-state index < -0.39 is 0 Å². The minimum Gasteiger partial charge on any atom is -0.344 e. The Hall–Kier alpha value is -2.47. The maximum Gasteiger partial charge on any atom is 0.251 e. The molecule has 5 nitrogen and oxygen atoms in total. The van der Waals surface area contributed by atoms with Gasteiger partial charge in [0.2, 0.25) is 11.8 Å². The van der Waals surface area contributed by atoms with Crippen molar-refractivity contribution in [3.63, 3.8) is 0 Å². The summed E-state index contributed by atoms with van der Waals surface area (Å²) in [6.45, 7) is 0. The molecule has 0 spiro atoms. The summed E-state index contributed by atoms with van der Waals surface area (Å²) in [5.41, 5.74) is 0.947. The molecule has 0 unspecified atom stereocenters. The fourth-order valence-electron chi connectivity index (χ4n) is 4.06. The first-order chi connectivity index (χ1) is 13.1. The molecule has 1 atom stereocenters. The van der Waals surface area contributed by atoms with Crippen molar-refractivity contribution in [3.8, 4) is 0 Å². The molecule has 140 valence electrons. The van der Waals surface area contributed by atoms with Crippen LogP contribution in [-0.4, -0.2) is 17.7 Å². The lowest BCUT2D eigenvalue weighted by molar-refractivity contribution is -0.121. The van der Waals surface area contributed by atoms with Gasteiger partial charge in [-0.1, -0.05) is 25.0 Å². The quantitative estimate of drug-likeness (QED) is 0.793. The predicted octanol–water partition coefficient (Wildman–Crippen LogP) is 4.06. The van der Waals surface area contributed by atoms with E-state index in [4.69, 9.17) is 0 Å². The van der Waals surface area contributed by atoms with E-state index in [9.17, 15) is 14.4 Å². The van der Waals surface area contributed by atoms with Crippen LogP contribution in [0, 0.1) is 5.92 Å². The van der Waals surface area contributed by atoms with Crippen LogP contribution in [0.1, 0.15) is 59.8 Å². The van der Waals surface area contributed by atoms with E-state index in [1.807, 2.05) is 11.4 Å². The molecule has 0 bridgehead atoms. The lowest BCUT2D eigenvalue weighted by Gasteiger charge is -2.24. The molecule has 27 heavy (non-hydrogen) atoms. The summed E-state index contributed by atoms with van der Waals surface area (Å²) in [4.78, 5) is 39.3. The predicted molar refractivity (Wildman–Crippen MR) is 105 cm³/mol. The highest BCUT2D eigenvalue weighted by Crippen LogP contribution is 2.37. The number of nitrogens with zero attached hydrogens (tertiary/aromatic N) is 1. The molecule has 6 heteroatoms. The van der Waals surface area contributed by atoms with Gasteiger partial charge in [-0.3, -0.25) is 19.3 Å². The number of rotatable bonds is 5. The molecule has 1 aromatic carbocycles. The third-order valence-electron chi connectivity index (χ3n) is 5.43. The SMILES string of the molecule is O=C(N[C@@H](c1cccs1)C1CCCC1)c1cccc(N2C(=O)CCC2=O)c1. The Morgan fingerprint density at radius 2 is 1.81 bits per heavy atom. The van der Waals surface area contributed by atoms with Crippen LogP contribution >= 0.6 is 11.3 Å². The van der Waals surface area contributed by atoms with Gasteiger partial charge < -0.3 is 5.32 Å². The van der Waals surface area contributed by atoms with Gasteiger partial charge in [0.05, 0.1) is 11.7 Å². The van der Waals surface area contributed by atoms with Gasteiger partial charge in [-0.2, -0.15) is 0 Å². The number of thiophene rings is 1. The summed E-state index contributed by atoms with van der Waals surface area (Å²) in [5.74, 6) is -0.126. The Balaban J connectivity index is 1.56. The number of benzene rings is 1. The van der Waals surface area contributed by atoms with Gasteiger partial charge in [-0.15, -0.1) is 11.3 Å². The highest BCUT2D eigenvalue weighted by atomic mass is 32.1. The second kappa shape index (κ2) is 7.64. The fraction of sp³-hybridized carbons (Fsp3) is 0.381. The molecule has 1 N–H and O–H groups in total. The molecular formula is C21H22N2O3S. The van der Waals surface area contributed by atoms with Crippen LogP contribution < -0.4 is 10.2 Å². The van der Waals surface area contributed by atoms with Crippen LogP contribution in [0.3, 0.4) is 0 Å². The van der Waals surface area contributed by atoms with Gasteiger partial charge in [0, 0.05) is 23.3 Å². The van der Waals surface area contributed by atoms with E-state index in [0.29, 0.717) is 17.2 Å². The van der Waals surface area contributed by atoms with Crippen molar-refractivity contribution in [2.45, 2.75) is 44.6 Å². The maximum atomic E-state index is 12.9. The highest BCUT2D eigenvalue weighted by molar-refractivity contribution is 7.10. The van der Waals surface area contributed by atoms with Crippen molar-refractivity contribution in [3.05, 3.63) is 52.2 Å². The van der Waals surface area contributed by atoms with E-state index in [1.54, 1.807) is 35.6 Å². The van der Waals surface area contributed by atoms with Crippen LogP contribution in [0.4, 0.5) is 5.69 Å². The number of nitrogens with one attached hydrogen (secondary N) is 1. The number of anilines is 1. The van der Waals surface area contributed by atoms with Crippen LogP contribution in [0.15, 0.2) is 41.8 Å². The molecule has 3 amide bonds. The van der Waals surface area contributed by atoms with Crippen molar-refractivity contribution in [1.29, 1.82) is 0 Å². The van der Waals surface area contributed by atoms with Gasteiger partial charge in [0.25, 0.3) is 5.91 Å². The summed E-state index contributed by atoms with van der Waals surface area (Å²) in [5, 5.41) is 5.24. The van der Waals surface area contributed by atoms with Gasteiger partial charge in [-0.05, 0) is 48.4 Å². The smallest absolute Gasteiger partial charge is 0.251 e. The molecule has 2 aromatic rings. The molecule has 4 rings (SSSR count). The average molecular weight is 382 g/mol. The standard InChI is InChI=1S/C21H22N2O3S/c24-18-10-11-19(25)23(18)16-8-3-7-15(13-16)21(26)22-20(14-5-1-2-6-14)17-9-4-12-27-17/h3-4,7-9,12-14,20H,1-2,5-6,10-11H2,(H,22,26)/t20-/m1/s1. The number of carbonyl (C=O) groups is 3. The maximum absolute atomic E-state index is 12.9. The monoisotopic (exact) mass is 382 g/mol. The van der Waals surface area contributed by atoms with Crippen molar-refractivity contribution in [1.82, 2.24) is 5.32 Å². The summed E-state index contributed by atoms with van der Waals surface area (Å²) in [6.07, 6.45) is 5.13. The number of imide groups is 1. The van der Waals surface area contributed by atoms with Crippen molar-refractivity contribution < 1.29 is 14.4 Å². The van der Waals surface area contributed by atoms with Crippen molar-refractivity contribution in [2.24, 2.45) is 5.92 Å². The molecule has 0 radical (unpaired) electrons. The van der Waals surface area contributed by atoms with Gasteiger partial charge in [0.1, 0.15) is 0 Å². The van der Waals surface area contributed by atoms with Gasteiger partial charge in [-0.25, -0.2) is 0 Å². The molecular weight excluding hydrogens is 360 g/mol. The Morgan fingerprint density at radius 1 is 1.07 bits per heavy atom. The topological polar surface area (TPSA) is 66.5 Å². The Labute approximate surface area is 162 Å². The number of amides is 3. The van der Waals surface area contributed by atoms with E-state index >= 15 is 0 Å². The summed E-state index contributed by atoms with van der Waals surface area (Å²) >= 11 is 1.67. The lowest BCUT2D eigenvalue weighted by Crippen LogP contribution is -2.33. The minimum absolute atomic E-state index is 0.0127. The number of carbonyl (C=O) groups excluding carboxylic acids is 3. The largest absolute Gasteiger partial charge is 0.344 e. The third kappa shape index (κ3) is 3.67. The highest BCUT2D eigenvalue weighted by Gasteiger charge is 2.31. The van der Waals surface area contributed by atoms with Crippen LogP contribution in [0.2, 0.25) is 0 Å². The lowest BCUT2D eigenvalue weighted by atomic mass is 9.96. The second-order valence-electron chi connectivity index (χ2n) is 7.18. The molecule has 2 fully saturated rings. The average Bonchev–Trinajstić information content (AvgIpc) is 3.43. The van der Waals surface area contributed by atoms with E-state index in [1.165, 1.54) is 22.6 Å². The molecule has 1 aliphatic carbocycles. The first-order valence-corrected chi connectivity index (χ1v) is 10.3. The molecule has 2 aliphatic rings. The molecule has 1 saturated heterocycles. The van der Waals surface area contributed by atoms with E-state index in [0.717, 1.165) is 12.8 Å². The Bertz CT molecular complexity index is 840. The zero-order valence-electron chi connectivity index (χ0n) is 15.0. The minimum atomic E-state index is -0.208. The first-order valence-electron chi connectivity index (χ1n) is 9.43. The van der Waals surface area contributed by atoms with Crippen LogP contribution in [-0.2, 0) is 9.59 Å². The normalized spacial score (nSPS) is 18.9. The number of hydrogen-bond acceptors (Lipinski definition) is 4. The molecule has 1 aromatic heterocycles. The zero-order chi connectivity index (χ0) is 18.8. The third-order valence-corrected chi connectivity index (χ3v) is 6.38. The molecule has 1 aliphatic heterocycles. The van der Waals surface area contributed by atoms with Crippen LogP contribution in [0.25, 0.3) is 0 Å².